The fourth-order valence-corrected chi connectivity index (χ4v) is 3.70. The van der Waals surface area contributed by atoms with E-state index in [1.165, 1.54) is 15.6 Å². The molecule has 1 aliphatic heterocycles. The first-order valence-corrected chi connectivity index (χ1v) is 10.1. The van der Waals surface area contributed by atoms with Gasteiger partial charge in [0.25, 0.3) is 10.2 Å². The highest BCUT2D eigenvalue weighted by Crippen LogP contribution is 2.18. The van der Waals surface area contributed by atoms with Gasteiger partial charge in [0.2, 0.25) is 5.91 Å². The smallest absolute Gasteiger partial charge is 0.276 e. The molecule has 0 saturated carbocycles. The van der Waals surface area contributed by atoms with Crippen LogP contribution in [0, 0.1) is 5.92 Å². The molecule has 2 rings (SSSR count). The van der Waals surface area contributed by atoms with E-state index in [1.807, 2.05) is 14.1 Å². The molecule has 1 fully saturated rings. The molecule has 1 heterocycles. The molecular formula is C17H28N4O3S. The molecule has 0 radical (unpaired) electrons. The van der Waals surface area contributed by atoms with Gasteiger partial charge < -0.3 is 10.2 Å². The molecule has 140 valence electrons. The highest BCUT2D eigenvalue weighted by atomic mass is 32.2. The number of aryl methyl sites for hydroxylation is 1. The third-order valence-electron chi connectivity index (χ3n) is 4.58. The topological polar surface area (TPSA) is 95.7 Å². The minimum Gasteiger partial charge on any atom is -0.378 e. The number of rotatable bonds is 7. The van der Waals surface area contributed by atoms with Crippen LogP contribution in [0.15, 0.2) is 24.3 Å². The first-order valence-electron chi connectivity index (χ1n) is 8.59. The lowest BCUT2D eigenvalue weighted by Gasteiger charge is -2.29. The van der Waals surface area contributed by atoms with Gasteiger partial charge >= 0.3 is 0 Å². The summed E-state index contributed by atoms with van der Waals surface area (Å²) in [5, 5.41) is 8.07. The van der Waals surface area contributed by atoms with Crippen LogP contribution < -0.4 is 15.4 Å². The zero-order valence-corrected chi connectivity index (χ0v) is 15.8. The number of benzene rings is 1. The summed E-state index contributed by atoms with van der Waals surface area (Å²) in [7, 11) is 0.387. The summed E-state index contributed by atoms with van der Waals surface area (Å²) in [6, 6.07) is 8.40. The lowest BCUT2D eigenvalue weighted by atomic mass is 9.97. The van der Waals surface area contributed by atoms with Gasteiger partial charge in [-0.05, 0) is 43.4 Å². The Morgan fingerprint density at radius 1 is 1.24 bits per heavy atom. The van der Waals surface area contributed by atoms with Gasteiger partial charge in [-0.25, -0.2) is 5.14 Å². The van der Waals surface area contributed by atoms with Gasteiger partial charge in [0.05, 0.1) is 0 Å². The Morgan fingerprint density at radius 2 is 1.84 bits per heavy atom. The lowest BCUT2D eigenvalue weighted by Crippen LogP contribution is -2.45. The van der Waals surface area contributed by atoms with Crippen molar-refractivity contribution in [3.63, 3.8) is 0 Å². The largest absolute Gasteiger partial charge is 0.378 e. The van der Waals surface area contributed by atoms with Crippen molar-refractivity contribution >= 4 is 21.8 Å². The van der Waals surface area contributed by atoms with Gasteiger partial charge in [-0.1, -0.05) is 12.1 Å². The van der Waals surface area contributed by atoms with E-state index in [1.54, 1.807) is 0 Å². The normalized spacial score (nSPS) is 16.6. The van der Waals surface area contributed by atoms with Crippen molar-refractivity contribution in [1.29, 1.82) is 0 Å². The summed E-state index contributed by atoms with van der Waals surface area (Å²) in [6.45, 7) is 1.26. The molecular weight excluding hydrogens is 340 g/mol. The maximum absolute atomic E-state index is 12.2. The fourth-order valence-electron chi connectivity index (χ4n) is 2.98. The number of amides is 1. The van der Waals surface area contributed by atoms with Crippen molar-refractivity contribution in [3.8, 4) is 0 Å². The zero-order chi connectivity index (χ0) is 18.4. The third-order valence-corrected chi connectivity index (χ3v) is 5.66. The summed E-state index contributed by atoms with van der Waals surface area (Å²) in [6.07, 6.45) is 2.84. The Kier molecular flexibility index (Phi) is 6.80. The van der Waals surface area contributed by atoms with Crippen molar-refractivity contribution in [2.24, 2.45) is 11.1 Å². The number of nitrogens with one attached hydrogen (secondary N) is 1. The Hall–Kier alpha value is -1.64. The second-order valence-electron chi connectivity index (χ2n) is 6.67. The van der Waals surface area contributed by atoms with E-state index < -0.39 is 10.2 Å². The first-order chi connectivity index (χ1) is 11.8. The van der Waals surface area contributed by atoms with Crippen LogP contribution in [0.5, 0.6) is 0 Å². The molecule has 3 N–H and O–H groups in total. The van der Waals surface area contributed by atoms with Crippen LogP contribution >= 0.6 is 0 Å². The van der Waals surface area contributed by atoms with Crippen LogP contribution in [-0.4, -0.2) is 52.4 Å². The van der Waals surface area contributed by atoms with Gasteiger partial charge in [-0.15, -0.1) is 0 Å². The van der Waals surface area contributed by atoms with E-state index in [0.717, 1.165) is 12.8 Å². The number of anilines is 1. The van der Waals surface area contributed by atoms with Gasteiger partial charge in [0.1, 0.15) is 0 Å². The number of nitrogens with two attached hydrogens (primary N) is 1. The van der Waals surface area contributed by atoms with Gasteiger partial charge in [-0.2, -0.15) is 12.7 Å². The molecule has 0 bridgehead atoms. The van der Waals surface area contributed by atoms with E-state index in [9.17, 15) is 13.2 Å². The van der Waals surface area contributed by atoms with Gasteiger partial charge in [0, 0.05) is 45.3 Å². The van der Waals surface area contributed by atoms with Gasteiger partial charge in [-0.3, -0.25) is 4.79 Å². The first kappa shape index (κ1) is 19.7. The van der Waals surface area contributed by atoms with Crippen LogP contribution in [0.4, 0.5) is 5.69 Å². The molecule has 25 heavy (non-hydrogen) atoms. The Balaban J connectivity index is 1.67. The predicted molar refractivity (Wildman–Crippen MR) is 99.5 cm³/mol. The Bertz CT molecular complexity index is 666. The summed E-state index contributed by atoms with van der Waals surface area (Å²) >= 11 is 0. The predicted octanol–water partition coefficient (Wildman–Crippen LogP) is 0.717. The van der Waals surface area contributed by atoms with Crippen LogP contribution in [0.2, 0.25) is 0 Å². The molecule has 7 nitrogen and oxygen atoms in total. The molecule has 0 atom stereocenters. The average molecular weight is 369 g/mol. The highest BCUT2D eigenvalue weighted by Gasteiger charge is 2.28. The highest BCUT2D eigenvalue weighted by molar-refractivity contribution is 7.86. The second kappa shape index (κ2) is 8.64. The fraction of sp³-hybridized carbons (Fsp3) is 0.588. The molecule has 0 spiro atoms. The SMILES string of the molecule is CN(C)c1ccc(CCCNC(=O)C2CCN(S(N)(=O)=O)CC2)cc1. The van der Waals surface area contributed by atoms with E-state index in [4.69, 9.17) is 5.14 Å². The monoisotopic (exact) mass is 368 g/mol. The standard InChI is InChI=1S/C17H28N4O3S/c1-20(2)16-7-5-14(6-8-16)4-3-11-19-17(22)15-9-12-21(13-10-15)25(18,23)24/h5-8,15H,3-4,9-13H2,1-2H3,(H,19,22)(H2,18,23,24). The van der Waals surface area contributed by atoms with Crippen molar-refractivity contribution in [2.75, 3.05) is 38.6 Å². The van der Waals surface area contributed by atoms with E-state index >= 15 is 0 Å². The maximum Gasteiger partial charge on any atom is 0.276 e. The van der Waals surface area contributed by atoms with Crippen molar-refractivity contribution < 1.29 is 13.2 Å². The number of piperidine rings is 1. The summed E-state index contributed by atoms with van der Waals surface area (Å²) in [5.74, 6) is -0.116. The molecule has 1 amide bonds. The number of carbonyl (C=O) groups excluding carboxylic acids is 1. The van der Waals surface area contributed by atoms with E-state index in [2.05, 4.69) is 34.5 Å². The minimum absolute atomic E-state index is 0.0111. The number of carbonyl (C=O) groups is 1. The van der Waals surface area contributed by atoms with Crippen LogP contribution in [0.3, 0.4) is 0 Å². The average Bonchev–Trinajstić information content (AvgIpc) is 2.58. The Morgan fingerprint density at radius 3 is 2.36 bits per heavy atom. The third kappa shape index (κ3) is 5.98. The van der Waals surface area contributed by atoms with E-state index in [-0.39, 0.29) is 11.8 Å². The van der Waals surface area contributed by atoms with Crippen LogP contribution in [0.1, 0.15) is 24.8 Å². The lowest BCUT2D eigenvalue weighted by molar-refractivity contribution is -0.126. The molecule has 0 aliphatic carbocycles. The summed E-state index contributed by atoms with van der Waals surface area (Å²) in [5.41, 5.74) is 2.42. The molecule has 1 aromatic rings. The number of hydrogen-bond acceptors (Lipinski definition) is 4. The Labute approximate surface area is 150 Å². The number of nitrogens with zero attached hydrogens (tertiary/aromatic N) is 2. The molecule has 0 aromatic heterocycles. The number of hydrogen-bond donors (Lipinski definition) is 2. The minimum atomic E-state index is -3.64. The molecule has 8 heteroatoms. The maximum atomic E-state index is 12.2. The van der Waals surface area contributed by atoms with Crippen LogP contribution in [-0.2, 0) is 21.4 Å². The molecule has 1 aromatic carbocycles. The van der Waals surface area contributed by atoms with Crippen molar-refractivity contribution in [1.82, 2.24) is 9.62 Å². The van der Waals surface area contributed by atoms with E-state index in [0.29, 0.717) is 32.5 Å². The van der Waals surface area contributed by atoms with Gasteiger partial charge in [0.15, 0.2) is 0 Å². The quantitative estimate of drug-likeness (QED) is 0.693. The molecule has 0 unspecified atom stereocenters. The molecule has 1 aliphatic rings. The summed E-state index contributed by atoms with van der Waals surface area (Å²) in [4.78, 5) is 14.2. The van der Waals surface area contributed by atoms with Crippen LogP contribution in [0.25, 0.3) is 0 Å². The van der Waals surface area contributed by atoms with Crippen molar-refractivity contribution in [2.45, 2.75) is 25.7 Å². The molecule has 1 saturated heterocycles. The van der Waals surface area contributed by atoms with Crippen molar-refractivity contribution in [3.05, 3.63) is 29.8 Å². The zero-order valence-electron chi connectivity index (χ0n) is 14.9. The summed E-state index contributed by atoms with van der Waals surface area (Å²) < 4.78 is 23.8. The second-order valence-corrected chi connectivity index (χ2v) is 8.22.